The molecule has 8 nitrogen and oxygen atoms in total. The molecule has 0 unspecified atom stereocenters. The van der Waals surface area contributed by atoms with Crippen LogP contribution in [-0.2, 0) is 13.1 Å². The van der Waals surface area contributed by atoms with Crippen LogP contribution in [-0.4, -0.2) is 26.9 Å². The van der Waals surface area contributed by atoms with Crippen LogP contribution in [0, 0.1) is 5.82 Å². The molecule has 0 saturated heterocycles. The summed E-state index contributed by atoms with van der Waals surface area (Å²) in [6.45, 7) is 0.261. The van der Waals surface area contributed by atoms with Crippen molar-refractivity contribution in [1.29, 1.82) is 0 Å². The zero-order chi connectivity index (χ0) is 20.1. The normalized spacial score (nSPS) is 10.5. The van der Waals surface area contributed by atoms with Crippen LogP contribution in [0.15, 0.2) is 46.8 Å². The standard InChI is InChI=1S/C18H15FN4O4S/c19-11-3-1-10(2-4-11)6-21-16(25)13-5-14(23-18(27)15(13)24)17(26)22-8-12-7-20-9-28-12/h1-5,7,9,24H,6,8H2,(H,21,25)(H,22,26)(H,23,27). The Bertz CT molecular complexity index is 1050. The monoisotopic (exact) mass is 402 g/mol. The predicted molar refractivity (Wildman–Crippen MR) is 99.6 cm³/mol. The Morgan fingerprint density at radius 3 is 2.54 bits per heavy atom. The molecule has 0 aliphatic heterocycles. The first-order valence-electron chi connectivity index (χ1n) is 8.08. The molecule has 0 aliphatic carbocycles. The van der Waals surface area contributed by atoms with E-state index in [1.165, 1.54) is 35.6 Å². The first-order chi connectivity index (χ1) is 13.4. The number of carbonyl (C=O) groups excluding carboxylic acids is 2. The van der Waals surface area contributed by atoms with Crippen LogP contribution in [0.2, 0.25) is 0 Å². The molecule has 0 bridgehead atoms. The number of aromatic hydroxyl groups is 1. The summed E-state index contributed by atoms with van der Waals surface area (Å²) < 4.78 is 12.9. The maximum Gasteiger partial charge on any atom is 0.291 e. The minimum atomic E-state index is -0.961. The van der Waals surface area contributed by atoms with E-state index in [0.29, 0.717) is 5.56 Å². The second-order valence-corrected chi connectivity index (χ2v) is 6.70. The number of hydrogen-bond donors (Lipinski definition) is 4. The van der Waals surface area contributed by atoms with E-state index >= 15 is 0 Å². The largest absolute Gasteiger partial charge is 0.502 e. The molecule has 0 radical (unpaired) electrons. The van der Waals surface area contributed by atoms with Gasteiger partial charge in [0.2, 0.25) is 0 Å². The van der Waals surface area contributed by atoms with Crippen molar-refractivity contribution in [3.8, 4) is 5.75 Å². The van der Waals surface area contributed by atoms with Gasteiger partial charge < -0.3 is 20.7 Å². The van der Waals surface area contributed by atoms with Crippen molar-refractivity contribution in [1.82, 2.24) is 20.6 Å². The summed E-state index contributed by atoms with van der Waals surface area (Å²) in [6, 6.07) is 6.57. The molecular formula is C18H15FN4O4S. The van der Waals surface area contributed by atoms with Crippen molar-refractivity contribution in [3.05, 3.63) is 79.9 Å². The van der Waals surface area contributed by atoms with Gasteiger partial charge in [-0.2, -0.15) is 0 Å². The highest BCUT2D eigenvalue weighted by molar-refractivity contribution is 7.09. The number of halogens is 1. The number of pyridine rings is 1. The second-order valence-electron chi connectivity index (χ2n) is 5.73. The Kier molecular flexibility index (Phi) is 5.80. The van der Waals surface area contributed by atoms with Gasteiger partial charge >= 0.3 is 0 Å². The fraction of sp³-hybridized carbons (Fsp3) is 0.111. The van der Waals surface area contributed by atoms with E-state index in [-0.39, 0.29) is 24.3 Å². The molecule has 0 spiro atoms. The molecule has 2 heterocycles. The Balaban J connectivity index is 1.72. The van der Waals surface area contributed by atoms with Crippen molar-refractivity contribution in [3.63, 3.8) is 0 Å². The maximum atomic E-state index is 12.9. The number of carbonyl (C=O) groups is 2. The number of benzene rings is 1. The van der Waals surface area contributed by atoms with Crippen molar-refractivity contribution >= 4 is 23.2 Å². The molecule has 0 saturated carbocycles. The third kappa shape index (κ3) is 4.60. The lowest BCUT2D eigenvalue weighted by atomic mass is 10.1. The van der Waals surface area contributed by atoms with Gasteiger partial charge in [0.15, 0.2) is 5.75 Å². The van der Waals surface area contributed by atoms with Gasteiger partial charge in [-0.05, 0) is 23.8 Å². The number of aromatic amines is 1. The molecule has 0 atom stereocenters. The van der Waals surface area contributed by atoms with E-state index in [2.05, 4.69) is 20.6 Å². The lowest BCUT2D eigenvalue weighted by molar-refractivity contribution is 0.0945. The summed E-state index contributed by atoms with van der Waals surface area (Å²) in [7, 11) is 0. The van der Waals surface area contributed by atoms with Crippen molar-refractivity contribution < 1.29 is 19.1 Å². The number of nitrogens with zero attached hydrogens (tertiary/aromatic N) is 1. The van der Waals surface area contributed by atoms with Gasteiger partial charge in [0, 0.05) is 17.6 Å². The van der Waals surface area contributed by atoms with E-state index in [4.69, 9.17) is 0 Å². The van der Waals surface area contributed by atoms with E-state index in [0.717, 1.165) is 10.9 Å². The van der Waals surface area contributed by atoms with Gasteiger partial charge in [0.25, 0.3) is 17.4 Å². The Labute approximate surface area is 162 Å². The van der Waals surface area contributed by atoms with Crippen LogP contribution in [0.25, 0.3) is 0 Å². The van der Waals surface area contributed by atoms with Crippen LogP contribution in [0.4, 0.5) is 4.39 Å². The van der Waals surface area contributed by atoms with Crippen LogP contribution >= 0.6 is 11.3 Å². The minimum Gasteiger partial charge on any atom is -0.502 e. The fourth-order valence-electron chi connectivity index (χ4n) is 2.32. The molecule has 3 rings (SSSR count). The van der Waals surface area contributed by atoms with Gasteiger partial charge in [0.05, 0.1) is 17.6 Å². The molecule has 144 valence electrons. The molecule has 10 heteroatoms. The predicted octanol–water partition coefficient (Wildman–Crippen LogP) is 1.54. The van der Waals surface area contributed by atoms with Crippen molar-refractivity contribution in [2.24, 2.45) is 0 Å². The number of hydrogen-bond acceptors (Lipinski definition) is 6. The van der Waals surface area contributed by atoms with Gasteiger partial charge in [-0.3, -0.25) is 19.4 Å². The average molecular weight is 402 g/mol. The minimum absolute atomic E-state index is 0.0538. The summed E-state index contributed by atoms with van der Waals surface area (Å²) in [4.78, 5) is 43.4. The van der Waals surface area contributed by atoms with Crippen LogP contribution in [0.3, 0.4) is 0 Å². The second kappa shape index (κ2) is 8.44. The molecule has 3 aromatic rings. The van der Waals surface area contributed by atoms with Crippen molar-refractivity contribution in [2.75, 3.05) is 0 Å². The lowest BCUT2D eigenvalue weighted by Gasteiger charge is -2.09. The van der Waals surface area contributed by atoms with E-state index in [1.807, 2.05) is 0 Å². The summed E-state index contributed by atoms with van der Waals surface area (Å²) in [5.41, 5.74) is 0.778. The highest BCUT2D eigenvalue weighted by Crippen LogP contribution is 2.13. The maximum absolute atomic E-state index is 12.9. The smallest absolute Gasteiger partial charge is 0.291 e. The highest BCUT2D eigenvalue weighted by atomic mass is 32.1. The van der Waals surface area contributed by atoms with Crippen LogP contribution in [0.1, 0.15) is 31.3 Å². The number of amides is 2. The van der Waals surface area contributed by atoms with E-state index in [9.17, 15) is 23.9 Å². The highest BCUT2D eigenvalue weighted by Gasteiger charge is 2.18. The van der Waals surface area contributed by atoms with Gasteiger partial charge in [-0.15, -0.1) is 11.3 Å². The molecule has 28 heavy (non-hydrogen) atoms. The third-order valence-electron chi connectivity index (χ3n) is 3.77. The molecule has 0 fully saturated rings. The number of thiazole rings is 1. The molecule has 2 amide bonds. The molecule has 1 aromatic carbocycles. The number of H-pyrrole nitrogens is 1. The van der Waals surface area contributed by atoms with Crippen LogP contribution < -0.4 is 16.2 Å². The van der Waals surface area contributed by atoms with Gasteiger partial charge in [-0.1, -0.05) is 12.1 Å². The van der Waals surface area contributed by atoms with Crippen LogP contribution in [0.5, 0.6) is 5.75 Å². The summed E-state index contributed by atoms with van der Waals surface area (Å²) in [5.74, 6) is -2.56. The van der Waals surface area contributed by atoms with Gasteiger partial charge in [-0.25, -0.2) is 4.39 Å². The zero-order valence-corrected chi connectivity index (χ0v) is 15.2. The van der Waals surface area contributed by atoms with Crippen molar-refractivity contribution in [2.45, 2.75) is 13.1 Å². The molecule has 0 aliphatic rings. The number of rotatable bonds is 6. The number of nitrogens with one attached hydrogen (secondary N) is 3. The molecule has 4 N–H and O–H groups in total. The lowest BCUT2D eigenvalue weighted by Crippen LogP contribution is -2.29. The summed E-state index contributed by atoms with van der Waals surface area (Å²) >= 11 is 1.35. The zero-order valence-electron chi connectivity index (χ0n) is 14.4. The Hall–Kier alpha value is -3.53. The first-order valence-corrected chi connectivity index (χ1v) is 8.96. The third-order valence-corrected chi connectivity index (χ3v) is 4.55. The van der Waals surface area contributed by atoms with E-state index < -0.39 is 28.9 Å². The number of aromatic nitrogens is 2. The average Bonchev–Trinajstić information content (AvgIpc) is 3.21. The first kappa shape index (κ1) is 19.2. The van der Waals surface area contributed by atoms with E-state index in [1.54, 1.807) is 11.7 Å². The summed E-state index contributed by atoms with van der Waals surface area (Å²) in [6.07, 6.45) is 1.60. The molecule has 2 aromatic heterocycles. The van der Waals surface area contributed by atoms with Gasteiger partial charge in [0.1, 0.15) is 11.5 Å². The Morgan fingerprint density at radius 2 is 1.86 bits per heavy atom. The molecular weight excluding hydrogens is 387 g/mol. The topological polar surface area (TPSA) is 124 Å². The Morgan fingerprint density at radius 1 is 1.14 bits per heavy atom. The summed E-state index contributed by atoms with van der Waals surface area (Å²) in [5, 5.41) is 15.0. The fourth-order valence-corrected chi connectivity index (χ4v) is 2.85. The SMILES string of the molecule is O=C(NCc1cncs1)c1cc(C(=O)NCc2ccc(F)cc2)c(O)c(=O)[nH]1. The quantitative estimate of drug-likeness (QED) is 0.498.